The Labute approximate surface area is 370 Å². The van der Waals surface area contributed by atoms with Crippen molar-refractivity contribution in [1.29, 1.82) is 0 Å². The van der Waals surface area contributed by atoms with Crippen molar-refractivity contribution >= 4 is 55.7 Å². The summed E-state index contributed by atoms with van der Waals surface area (Å²) in [4.78, 5) is 4.91. The van der Waals surface area contributed by atoms with Crippen molar-refractivity contribution in [1.82, 2.24) is 0 Å². The number of para-hydroxylation sites is 2. The summed E-state index contributed by atoms with van der Waals surface area (Å²) in [6, 6.07) is 77.3. The SMILES string of the molecule is Cc1ccc(N(c2ccccc2)c2ccc3cc4c(cc3c2)C2(c3ccccc3-c3ccccc32)c2cc(N(c3ccccc3)c3ccc(C)cc3C)c3ccccc3c2-4)c(C)c1. The van der Waals surface area contributed by atoms with Gasteiger partial charge < -0.3 is 9.80 Å². The first-order valence-corrected chi connectivity index (χ1v) is 22.1. The molecule has 0 fully saturated rings. The highest BCUT2D eigenvalue weighted by atomic mass is 15.2. The molecule has 0 N–H and O–H groups in total. The zero-order valence-electron chi connectivity index (χ0n) is 36.0. The molecule has 0 aliphatic heterocycles. The van der Waals surface area contributed by atoms with Gasteiger partial charge in [0.25, 0.3) is 0 Å². The zero-order valence-corrected chi connectivity index (χ0v) is 36.0. The van der Waals surface area contributed by atoms with Gasteiger partial charge >= 0.3 is 0 Å². The zero-order chi connectivity index (χ0) is 42.4. The molecule has 0 saturated heterocycles. The molecule has 10 aromatic carbocycles. The number of rotatable bonds is 6. The van der Waals surface area contributed by atoms with Gasteiger partial charge in [-0.2, -0.15) is 0 Å². The van der Waals surface area contributed by atoms with Crippen LogP contribution in [0, 0.1) is 27.7 Å². The standard InChI is InChI=1S/C61H46N2/c1-39-27-31-57(41(3)33-39)62(45-17-7-5-8-18-45)47-30-29-43-36-52-55(37-44(43)35-47)61(53-25-15-13-21-48(53)49-22-14-16-26-54(49)61)56-38-59(50-23-11-12-24-51(50)60(52)56)63(46-19-9-6-10-20-46)58-32-28-40(2)34-42(58)4/h5-38H,1-4H3. The van der Waals surface area contributed by atoms with Crippen molar-refractivity contribution in [2.45, 2.75) is 33.1 Å². The fraction of sp³-hybridized carbons (Fsp3) is 0.0820. The first-order valence-electron chi connectivity index (χ1n) is 22.1. The fourth-order valence-electron chi connectivity index (χ4n) is 11.1. The van der Waals surface area contributed by atoms with E-state index >= 15 is 0 Å². The Kier molecular flexibility index (Phi) is 8.36. The summed E-state index contributed by atoms with van der Waals surface area (Å²) < 4.78 is 0. The van der Waals surface area contributed by atoms with Crippen LogP contribution in [0.1, 0.15) is 44.5 Å². The number of hydrogen-bond acceptors (Lipinski definition) is 2. The van der Waals surface area contributed by atoms with Crippen molar-refractivity contribution in [2.75, 3.05) is 9.80 Å². The molecule has 0 unspecified atom stereocenters. The van der Waals surface area contributed by atoms with Crippen LogP contribution in [0.15, 0.2) is 206 Å². The van der Waals surface area contributed by atoms with Crippen molar-refractivity contribution in [3.63, 3.8) is 0 Å². The molecule has 0 aromatic heterocycles. The monoisotopic (exact) mass is 806 g/mol. The van der Waals surface area contributed by atoms with Gasteiger partial charge in [-0.15, -0.1) is 0 Å². The van der Waals surface area contributed by atoms with Gasteiger partial charge in [0.15, 0.2) is 0 Å². The van der Waals surface area contributed by atoms with E-state index in [-0.39, 0.29) is 0 Å². The molecule has 2 nitrogen and oxygen atoms in total. The van der Waals surface area contributed by atoms with Crippen LogP contribution in [0.25, 0.3) is 43.8 Å². The second-order valence-electron chi connectivity index (χ2n) is 17.6. The number of benzene rings is 10. The van der Waals surface area contributed by atoms with E-state index in [0.29, 0.717) is 0 Å². The highest BCUT2D eigenvalue weighted by Gasteiger charge is 2.52. The Morgan fingerprint density at radius 2 is 0.857 bits per heavy atom. The molecule has 0 atom stereocenters. The van der Waals surface area contributed by atoms with Gasteiger partial charge in [-0.05, 0) is 166 Å². The van der Waals surface area contributed by atoms with Crippen LogP contribution < -0.4 is 9.80 Å². The van der Waals surface area contributed by atoms with Gasteiger partial charge in [0.2, 0.25) is 0 Å². The Morgan fingerprint density at radius 1 is 0.317 bits per heavy atom. The number of hydrogen-bond donors (Lipinski definition) is 0. The Bertz CT molecular complexity index is 3410. The van der Waals surface area contributed by atoms with Gasteiger partial charge in [-0.3, -0.25) is 0 Å². The molecule has 2 aliphatic rings. The van der Waals surface area contributed by atoms with E-state index in [0.717, 1.165) is 17.1 Å². The molecular formula is C61H46N2. The van der Waals surface area contributed by atoms with Gasteiger partial charge in [-0.1, -0.05) is 151 Å². The topological polar surface area (TPSA) is 6.48 Å². The number of fused-ring (bicyclic) bond motifs is 13. The number of anilines is 6. The molecule has 300 valence electrons. The quantitative estimate of drug-likeness (QED) is 0.165. The first-order chi connectivity index (χ1) is 30.9. The van der Waals surface area contributed by atoms with E-state index in [1.807, 2.05) is 0 Å². The number of aryl methyl sites for hydroxylation is 4. The molecule has 0 amide bonds. The minimum atomic E-state index is -0.557. The maximum atomic E-state index is 2.55. The normalized spacial score (nSPS) is 12.9. The fourth-order valence-corrected chi connectivity index (χ4v) is 11.1. The molecule has 12 rings (SSSR count). The number of nitrogens with zero attached hydrogens (tertiary/aromatic N) is 2. The molecule has 2 heteroatoms. The first kappa shape index (κ1) is 37.1. The van der Waals surface area contributed by atoms with E-state index in [1.54, 1.807) is 0 Å². The highest BCUT2D eigenvalue weighted by Crippen LogP contribution is 2.65. The largest absolute Gasteiger partial charge is 0.310 e. The van der Waals surface area contributed by atoms with Crippen LogP contribution in [-0.2, 0) is 5.41 Å². The van der Waals surface area contributed by atoms with Gasteiger partial charge in [0.05, 0.1) is 11.1 Å². The Hall–Kier alpha value is -7.68. The average molecular weight is 807 g/mol. The van der Waals surface area contributed by atoms with Gasteiger partial charge in [-0.25, -0.2) is 0 Å². The summed E-state index contributed by atoms with van der Waals surface area (Å²) in [5, 5.41) is 4.93. The van der Waals surface area contributed by atoms with E-state index < -0.39 is 5.41 Å². The lowest BCUT2D eigenvalue weighted by Gasteiger charge is -2.33. The van der Waals surface area contributed by atoms with Crippen LogP contribution in [0.5, 0.6) is 0 Å². The summed E-state index contributed by atoms with van der Waals surface area (Å²) in [5.41, 5.74) is 21.9. The lowest BCUT2D eigenvalue weighted by Crippen LogP contribution is -2.26. The summed E-state index contributed by atoms with van der Waals surface area (Å²) in [5.74, 6) is 0. The third kappa shape index (κ3) is 5.51. The summed E-state index contributed by atoms with van der Waals surface area (Å²) in [6.07, 6.45) is 0. The predicted octanol–water partition coefficient (Wildman–Crippen LogP) is 16.5. The summed E-state index contributed by atoms with van der Waals surface area (Å²) in [7, 11) is 0. The van der Waals surface area contributed by atoms with Crippen molar-refractivity contribution in [3.05, 3.63) is 251 Å². The van der Waals surface area contributed by atoms with Crippen LogP contribution in [0.4, 0.5) is 34.1 Å². The smallest absolute Gasteiger partial charge is 0.0726 e. The molecule has 0 radical (unpaired) electrons. The molecule has 10 aromatic rings. The van der Waals surface area contributed by atoms with Crippen LogP contribution in [0.2, 0.25) is 0 Å². The lowest BCUT2D eigenvalue weighted by atomic mass is 9.70. The minimum Gasteiger partial charge on any atom is -0.310 e. The van der Waals surface area contributed by atoms with E-state index in [2.05, 4.69) is 244 Å². The van der Waals surface area contributed by atoms with Gasteiger partial charge in [0.1, 0.15) is 0 Å². The van der Waals surface area contributed by atoms with Crippen LogP contribution in [0.3, 0.4) is 0 Å². The van der Waals surface area contributed by atoms with Crippen molar-refractivity contribution in [3.8, 4) is 22.3 Å². The average Bonchev–Trinajstić information content (AvgIpc) is 3.77. The minimum absolute atomic E-state index is 0.557. The maximum Gasteiger partial charge on any atom is 0.0726 e. The van der Waals surface area contributed by atoms with Crippen molar-refractivity contribution < 1.29 is 0 Å². The molecule has 0 bridgehead atoms. The van der Waals surface area contributed by atoms with Crippen LogP contribution in [-0.4, -0.2) is 0 Å². The van der Waals surface area contributed by atoms with Crippen molar-refractivity contribution in [2.24, 2.45) is 0 Å². The maximum absolute atomic E-state index is 2.55. The third-order valence-electron chi connectivity index (χ3n) is 13.7. The highest BCUT2D eigenvalue weighted by molar-refractivity contribution is 6.13. The summed E-state index contributed by atoms with van der Waals surface area (Å²) in [6.45, 7) is 8.82. The van der Waals surface area contributed by atoms with Gasteiger partial charge in [0, 0.05) is 33.8 Å². The molecule has 0 heterocycles. The molecular weight excluding hydrogens is 761 g/mol. The Morgan fingerprint density at radius 3 is 1.48 bits per heavy atom. The van der Waals surface area contributed by atoms with E-state index in [4.69, 9.17) is 0 Å². The lowest BCUT2D eigenvalue weighted by molar-refractivity contribution is 0.795. The van der Waals surface area contributed by atoms with E-state index in [9.17, 15) is 0 Å². The molecule has 0 saturated carbocycles. The second-order valence-corrected chi connectivity index (χ2v) is 17.6. The molecule has 1 spiro atoms. The second kappa shape index (κ2) is 14.2. The van der Waals surface area contributed by atoms with Crippen LogP contribution >= 0.6 is 0 Å². The van der Waals surface area contributed by atoms with E-state index in [1.165, 1.54) is 105 Å². The molecule has 63 heavy (non-hydrogen) atoms. The molecule has 2 aliphatic carbocycles. The third-order valence-corrected chi connectivity index (χ3v) is 13.7. The summed E-state index contributed by atoms with van der Waals surface area (Å²) >= 11 is 0. The Balaban J connectivity index is 1.18. The predicted molar refractivity (Wildman–Crippen MR) is 266 cm³/mol.